The smallest absolute Gasteiger partial charge is 0.273 e. The van der Waals surface area contributed by atoms with Gasteiger partial charge in [0.15, 0.2) is 0 Å². The lowest BCUT2D eigenvalue weighted by atomic mass is 10.4. The number of halogens is 1. The summed E-state index contributed by atoms with van der Waals surface area (Å²) in [5.41, 5.74) is -0.0350. The summed E-state index contributed by atoms with van der Waals surface area (Å²) in [6.45, 7) is 0. The summed E-state index contributed by atoms with van der Waals surface area (Å²) >= 11 is 5.05. The predicted octanol–water partition coefficient (Wildman–Crippen LogP) is 0.632. The second-order valence-corrected chi connectivity index (χ2v) is 4.53. The van der Waals surface area contributed by atoms with E-state index in [1.807, 2.05) is 11.8 Å². The monoisotopic (exact) mass is 249 g/mol. The summed E-state index contributed by atoms with van der Waals surface area (Å²) in [4.78, 5) is 11.4. The largest absolute Gasteiger partial charge is 0.346 e. The Morgan fingerprint density at radius 3 is 2.67 bits per heavy atom. The van der Waals surface area contributed by atoms with Gasteiger partial charge < -0.3 is 0 Å². The van der Waals surface area contributed by atoms with E-state index in [0.717, 1.165) is 11.5 Å². The molecule has 0 saturated carbocycles. The van der Waals surface area contributed by atoms with Crippen molar-refractivity contribution in [2.75, 3.05) is 11.5 Å². The van der Waals surface area contributed by atoms with Crippen molar-refractivity contribution in [3.8, 4) is 0 Å². The van der Waals surface area contributed by atoms with Crippen molar-refractivity contribution in [1.29, 1.82) is 0 Å². The average molecular weight is 250 g/mol. The molecule has 1 fully saturated rings. The van der Waals surface area contributed by atoms with E-state index in [4.69, 9.17) is 0 Å². The Bertz CT molecular complexity index is 354. The van der Waals surface area contributed by atoms with Crippen molar-refractivity contribution in [3.05, 3.63) is 15.2 Å². The van der Waals surface area contributed by atoms with Gasteiger partial charge in [-0.25, -0.2) is 9.48 Å². The van der Waals surface area contributed by atoms with Crippen molar-refractivity contribution in [3.63, 3.8) is 0 Å². The lowest BCUT2D eigenvalue weighted by molar-refractivity contribution is 0.502. The van der Waals surface area contributed by atoms with Gasteiger partial charge in [0, 0.05) is 18.6 Å². The van der Waals surface area contributed by atoms with Gasteiger partial charge in [0.25, 0.3) is 0 Å². The maximum absolute atomic E-state index is 11.4. The van der Waals surface area contributed by atoms with Gasteiger partial charge >= 0.3 is 5.69 Å². The van der Waals surface area contributed by atoms with Crippen molar-refractivity contribution in [1.82, 2.24) is 14.3 Å². The van der Waals surface area contributed by atoms with Gasteiger partial charge in [-0.3, -0.25) is 4.57 Å². The topological polar surface area (TPSA) is 39.8 Å². The molecule has 1 saturated heterocycles. The first-order chi connectivity index (χ1) is 5.70. The van der Waals surface area contributed by atoms with E-state index in [-0.39, 0.29) is 5.69 Å². The highest BCUT2D eigenvalue weighted by molar-refractivity contribution is 9.10. The highest BCUT2D eigenvalue weighted by Crippen LogP contribution is 2.27. The lowest BCUT2D eigenvalue weighted by Crippen LogP contribution is -2.33. The molecule has 0 N–H and O–H groups in total. The van der Waals surface area contributed by atoms with Gasteiger partial charge in [0.1, 0.15) is 0 Å². The molecule has 4 nitrogen and oxygen atoms in total. The van der Waals surface area contributed by atoms with E-state index in [0.29, 0.717) is 10.8 Å². The maximum Gasteiger partial charge on any atom is 0.346 e. The summed E-state index contributed by atoms with van der Waals surface area (Å²) < 4.78 is 3.66. The van der Waals surface area contributed by atoms with E-state index < -0.39 is 0 Å². The zero-order valence-electron chi connectivity index (χ0n) is 6.53. The third-order valence-electron chi connectivity index (χ3n) is 1.92. The van der Waals surface area contributed by atoms with E-state index in [1.54, 1.807) is 11.7 Å². The summed E-state index contributed by atoms with van der Waals surface area (Å²) in [6, 6.07) is 0.306. The Morgan fingerprint density at radius 2 is 2.33 bits per heavy atom. The van der Waals surface area contributed by atoms with Crippen LogP contribution in [0.4, 0.5) is 0 Å². The zero-order chi connectivity index (χ0) is 8.72. The van der Waals surface area contributed by atoms with Crippen molar-refractivity contribution in [2.45, 2.75) is 6.04 Å². The lowest BCUT2D eigenvalue weighted by Gasteiger charge is -2.23. The van der Waals surface area contributed by atoms with Gasteiger partial charge in [-0.1, -0.05) is 0 Å². The van der Waals surface area contributed by atoms with Gasteiger partial charge in [0.2, 0.25) is 4.73 Å². The number of thioether (sulfide) groups is 1. The van der Waals surface area contributed by atoms with Gasteiger partial charge in [-0.15, -0.1) is 5.10 Å². The Hall–Kier alpha value is -0.230. The molecule has 2 rings (SSSR count). The Kier molecular flexibility index (Phi) is 2.04. The number of hydrogen-bond donors (Lipinski definition) is 0. The fourth-order valence-electron chi connectivity index (χ4n) is 1.03. The number of hydrogen-bond acceptors (Lipinski definition) is 3. The van der Waals surface area contributed by atoms with Crippen LogP contribution in [0.3, 0.4) is 0 Å². The summed E-state index contributed by atoms with van der Waals surface area (Å²) in [7, 11) is 1.71. The third kappa shape index (κ3) is 1.13. The zero-order valence-corrected chi connectivity index (χ0v) is 8.93. The Labute approximate surface area is 82.1 Å². The Balaban J connectivity index is 2.43. The summed E-state index contributed by atoms with van der Waals surface area (Å²) in [5.74, 6) is 2.01. The highest BCUT2D eigenvalue weighted by Gasteiger charge is 2.24. The van der Waals surface area contributed by atoms with Crippen LogP contribution in [-0.4, -0.2) is 25.9 Å². The van der Waals surface area contributed by atoms with Crippen molar-refractivity contribution in [2.24, 2.45) is 7.05 Å². The van der Waals surface area contributed by atoms with Crippen LogP contribution in [-0.2, 0) is 7.05 Å². The fourth-order valence-corrected chi connectivity index (χ4v) is 2.09. The van der Waals surface area contributed by atoms with Gasteiger partial charge in [-0.05, 0) is 15.9 Å². The first kappa shape index (κ1) is 8.37. The minimum absolute atomic E-state index is 0.0350. The van der Waals surface area contributed by atoms with E-state index in [2.05, 4.69) is 21.0 Å². The SMILES string of the molecule is Cn1c(Br)nn(C2CSC2)c1=O. The molecule has 2 heterocycles. The fraction of sp³-hybridized carbons (Fsp3) is 0.667. The molecule has 1 aliphatic heterocycles. The predicted molar refractivity (Wildman–Crippen MR) is 51.5 cm³/mol. The van der Waals surface area contributed by atoms with E-state index >= 15 is 0 Å². The second kappa shape index (κ2) is 2.92. The van der Waals surface area contributed by atoms with Gasteiger partial charge in [-0.2, -0.15) is 11.8 Å². The molecular formula is C6H8BrN3OS. The molecule has 0 atom stereocenters. The van der Waals surface area contributed by atoms with Crippen LogP contribution in [0.2, 0.25) is 0 Å². The minimum Gasteiger partial charge on any atom is -0.273 e. The molecule has 1 aromatic rings. The van der Waals surface area contributed by atoms with E-state index in [1.165, 1.54) is 4.57 Å². The molecule has 0 amide bonds. The van der Waals surface area contributed by atoms with Crippen LogP contribution in [0.5, 0.6) is 0 Å². The minimum atomic E-state index is -0.0350. The third-order valence-corrected chi connectivity index (χ3v) is 3.85. The quantitative estimate of drug-likeness (QED) is 0.734. The molecule has 0 spiro atoms. The maximum atomic E-state index is 11.4. The molecule has 0 radical (unpaired) electrons. The molecule has 0 aliphatic carbocycles. The molecule has 1 aliphatic rings. The second-order valence-electron chi connectivity index (χ2n) is 2.75. The van der Waals surface area contributed by atoms with Crippen LogP contribution in [0, 0.1) is 0 Å². The van der Waals surface area contributed by atoms with Crippen LogP contribution >= 0.6 is 27.7 Å². The average Bonchev–Trinajstić information content (AvgIpc) is 2.15. The Morgan fingerprint density at radius 1 is 1.67 bits per heavy atom. The van der Waals surface area contributed by atoms with Gasteiger partial charge in [0.05, 0.1) is 6.04 Å². The molecule has 12 heavy (non-hydrogen) atoms. The summed E-state index contributed by atoms with van der Waals surface area (Å²) in [5, 5.41) is 4.10. The number of nitrogens with zero attached hydrogens (tertiary/aromatic N) is 3. The normalized spacial score (nSPS) is 17.8. The summed E-state index contributed by atoms with van der Waals surface area (Å²) in [6.07, 6.45) is 0. The van der Waals surface area contributed by atoms with Crippen LogP contribution in [0.1, 0.15) is 6.04 Å². The van der Waals surface area contributed by atoms with Crippen LogP contribution in [0.15, 0.2) is 9.53 Å². The molecule has 0 bridgehead atoms. The van der Waals surface area contributed by atoms with Crippen molar-refractivity contribution < 1.29 is 0 Å². The molecule has 0 unspecified atom stereocenters. The van der Waals surface area contributed by atoms with E-state index in [9.17, 15) is 4.79 Å². The first-order valence-electron chi connectivity index (χ1n) is 3.59. The molecule has 0 aromatic carbocycles. The molecule has 1 aromatic heterocycles. The highest BCUT2D eigenvalue weighted by atomic mass is 79.9. The number of rotatable bonds is 1. The van der Waals surface area contributed by atoms with Crippen LogP contribution < -0.4 is 5.69 Å². The van der Waals surface area contributed by atoms with Crippen LogP contribution in [0.25, 0.3) is 0 Å². The molecule has 6 heteroatoms. The number of aromatic nitrogens is 3. The molecular weight excluding hydrogens is 242 g/mol. The first-order valence-corrected chi connectivity index (χ1v) is 5.53. The van der Waals surface area contributed by atoms with Crippen molar-refractivity contribution >= 4 is 27.7 Å². The standard InChI is InChI=1S/C6H8BrN3OS/c1-9-5(7)8-10(6(9)11)4-2-12-3-4/h4H,2-3H2,1H3. The molecule has 66 valence electrons.